The van der Waals surface area contributed by atoms with E-state index in [0.29, 0.717) is 60.4 Å². The van der Waals surface area contributed by atoms with Crippen LogP contribution in [0.2, 0.25) is 0 Å². The first-order valence-electron chi connectivity index (χ1n) is 16.9. The number of carbonyl (C=O) groups is 1. The number of methoxy groups -OCH3 is 1. The molecular weight excluding hydrogens is 644 g/mol. The topological polar surface area (TPSA) is 100 Å². The zero-order chi connectivity index (χ0) is 34.7. The average Bonchev–Trinajstić information content (AvgIpc) is 3.72. The van der Waals surface area contributed by atoms with E-state index in [0.717, 1.165) is 37.9 Å². The highest BCUT2D eigenvalue weighted by Crippen LogP contribution is 2.44. The normalized spacial score (nSPS) is 23.1. The van der Waals surface area contributed by atoms with Crippen LogP contribution >= 0.6 is 0 Å². The van der Waals surface area contributed by atoms with Gasteiger partial charge in [0.25, 0.3) is 0 Å². The fourth-order valence-corrected chi connectivity index (χ4v) is 8.67. The molecule has 4 aromatic rings. The van der Waals surface area contributed by atoms with E-state index in [2.05, 4.69) is 22.4 Å². The summed E-state index contributed by atoms with van der Waals surface area (Å²) in [4.78, 5) is 27.2. The molecule has 258 valence electrons. The lowest BCUT2D eigenvalue weighted by Crippen LogP contribution is -2.55. The Kier molecular flexibility index (Phi) is 8.00. The molecule has 50 heavy (non-hydrogen) atoms. The average molecular weight is 682 g/mol. The first-order valence-corrected chi connectivity index (χ1v) is 16.9. The predicted octanol–water partition coefficient (Wildman–Crippen LogP) is 6.20. The zero-order valence-corrected chi connectivity index (χ0v) is 27.8. The monoisotopic (exact) mass is 681 g/mol. The molecule has 0 aliphatic carbocycles. The second kappa shape index (κ2) is 12.4. The van der Waals surface area contributed by atoms with Gasteiger partial charge in [0.05, 0.1) is 23.2 Å². The predicted molar refractivity (Wildman–Crippen MR) is 185 cm³/mol. The van der Waals surface area contributed by atoms with Crippen LogP contribution in [-0.4, -0.2) is 95.3 Å². The van der Waals surface area contributed by atoms with Gasteiger partial charge in [0.15, 0.2) is 12.6 Å². The van der Waals surface area contributed by atoms with E-state index in [-0.39, 0.29) is 52.5 Å². The Bertz CT molecular complexity index is 2090. The highest BCUT2D eigenvalue weighted by Gasteiger charge is 2.47. The van der Waals surface area contributed by atoms with Crippen LogP contribution in [0.5, 0.6) is 11.8 Å². The SMILES string of the molecule is C#Cc1cccc2cc(OCOC)cc(-c3c(F)cc4c(N5C[C@H]6CC[C@@H](C5)N6C(=O)O)nc(OCC56CCCN5CC(=C)C6)nc4c3F)c12. The summed E-state index contributed by atoms with van der Waals surface area (Å²) in [5.74, 6) is 1.58. The second-order valence-corrected chi connectivity index (χ2v) is 13.8. The number of piperazine rings is 1. The van der Waals surface area contributed by atoms with Crippen molar-refractivity contribution >= 4 is 33.6 Å². The summed E-state index contributed by atoms with van der Waals surface area (Å²) in [6, 6.07) is 9.29. The van der Waals surface area contributed by atoms with Gasteiger partial charge in [0, 0.05) is 48.6 Å². The molecule has 1 aromatic heterocycles. The quantitative estimate of drug-likeness (QED) is 0.133. The molecule has 4 aliphatic rings. The summed E-state index contributed by atoms with van der Waals surface area (Å²) < 4.78 is 50.9. The Morgan fingerprint density at radius 2 is 1.96 bits per heavy atom. The first kappa shape index (κ1) is 32.2. The molecule has 1 unspecified atom stereocenters. The molecule has 4 saturated heterocycles. The number of aromatic nitrogens is 2. The van der Waals surface area contributed by atoms with E-state index in [1.54, 1.807) is 30.3 Å². The molecule has 12 heteroatoms. The molecular formula is C38H37F2N5O5. The van der Waals surface area contributed by atoms with Crippen molar-refractivity contribution in [3.05, 3.63) is 65.7 Å². The second-order valence-electron chi connectivity index (χ2n) is 13.8. The van der Waals surface area contributed by atoms with E-state index in [1.807, 2.05) is 4.90 Å². The zero-order valence-electron chi connectivity index (χ0n) is 27.8. The molecule has 0 saturated carbocycles. The lowest BCUT2D eigenvalue weighted by atomic mass is 9.93. The van der Waals surface area contributed by atoms with E-state index in [1.165, 1.54) is 18.1 Å². The van der Waals surface area contributed by atoms with Crippen LogP contribution in [0.4, 0.5) is 19.4 Å². The number of hydrogen-bond acceptors (Lipinski definition) is 8. The lowest BCUT2D eigenvalue weighted by Gasteiger charge is -2.40. The minimum Gasteiger partial charge on any atom is -0.468 e. The van der Waals surface area contributed by atoms with E-state index in [4.69, 9.17) is 25.6 Å². The van der Waals surface area contributed by atoms with Crippen LogP contribution < -0.4 is 14.4 Å². The standard InChI is InChI=1S/C38H37F2N5O5/c1-4-23-7-5-8-24-13-27(50-21-48-3)14-28(31(23)24)32-30(39)15-29-34(33(32)40)41-36(49-20-38-11-6-12-44(38)17-22(2)16-38)42-35(29)43-18-25-9-10-26(19-43)45(25)37(46)47/h1,5,7-8,13-15,25-26H,2,6,9-12,16-21H2,3H3,(H,46,47)/t25-,26+,38?. The molecule has 0 radical (unpaired) electrons. The van der Waals surface area contributed by atoms with Crippen molar-refractivity contribution in [3.63, 3.8) is 0 Å². The number of hydrogen-bond donors (Lipinski definition) is 1. The summed E-state index contributed by atoms with van der Waals surface area (Å²) in [5.41, 5.74) is 1.16. The Labute approximate surface area is 288 Å². The van der Waals surface area contributed by atoms with Gasteiger partial charge in [-0.1, -0.05) is 30.2 Å². The number of amides is 1. The summed E-state index contributed by atoms with van der Waals surface area (Å²) in [6.07, 6.45) is 9.06. The van der Waals surface area contributed by atoms with Crippen LogP contribution in [-0.2, 0) is 4.74 Å². The van der Waals surface area contributed by atoms with Crippen molar-refractivity contribution in [2.45, 2.75) is 49.7 Å². The molecule has 5 heterocycles. The first-order chi connectivity index (χ1) is 24.2. The van der Waals surface area contributed by atoms with Gasteiger partial charge in [-0.15, -0.1) is 6.42 Å². The smallest absolute Gasteiger partial charge is 0.407 e. The third kappa shape index (κ3) is 5.27. The van der Waals surface area contributed by atoms with Crippen molar-refractivity contribution in [1.82, 2.24) is 19.8 Å². The number of nitrogens with zero attached hydrogens (tertiary/aromatic N) is 5. The maximum absolute atomic E-state index is 17.2. The highest BCUT2D eigenvalue weighted by atomic mass is 19.1. The number of anilines is 1. The number of halogens is 2. The maximum atomic E-state index is 17.2. The Morgan fingerprint density at radius 3 is 2.70 bits per heavy atom. The summed E-state index contributed by atoms with van der Waals surface area (Å²) >= 11 is 0. The Hall–Kier alpha value is -4.99. The van der Waals surface area contributed by atoms with Gasteiger partial charge in [0.2, 0.25) is 0 Å². The van der Waals surface area contributed by atoms with Crippen LogP contribution in [0.15, 0.2) is 48.6 Å². The summed E-state index contributed by atoms with van der Waals surface area (Å²) in [5, 5.41) is 11.2. The molecule has 1 amide bonds. The summed E-state index contributed by atoms with van der Waals surface area (Å²) in [6.45, 7) is 6.84. The third-order valence-corrected chi connectivity index (χ3v) is 10.8. The van der Waals surface area contributed by atoms with Crippen molar-refractivity contribution < 1.29 is 32.9 Å². The van der Waals surface area contributed by atoms with Crippen molar-refractivity contribution in [2.75, 3.05) is 51.6 Å². The third-order valence-electron chi connectivity index (χ3n) is 10.8. The molecule has 8 rings (SSSR count). The summed E-state index contributed by atoms with van der Waals surface area (Å²) in [7, 11) is 1.48. The molecule has 3 aromatic carbocycles. The number of rotatable bonds is 8. The molecule has 0 spiro atoms. The minimum atomic E-state index is -0.968. The number of fused-ring (bicyclic) bond motifs is 5. The van der Waals surface area contributed by atoms with Gasteiger partial charge in [-0.25, -0.2) is 13.6 Å². The van der Waals surface area contributed by atoms with Gasteiger partial charge < -0.3 is 24.2 Å². The van der Waals surface area contributed by atoms with Gasteiger partial charge in [-0.05, 0) is 68.3 Å². The molecule has 4 aliphatic heterocycles. The molecule has 4 fully saturated rings. The molecule has 1 N–H and O–H groups in total. The maximum Gasteiger partial charge on any atom is 0.407 e. The fraction of sp³-hybridized carbons (Fsp3) is 0.395. The largest absolute Gasteiger partial charge is 0.468 e. The van der Waals surface area contributed by atoms with Crippen molar-refractivity contribution in [1.29, 1.82) is 0 Å². The van der Waals surface area contributed by atoms with E-state index in [9.17, 15) is 9.90 Å². The molecule has 10 nitrogen and oxygen atoms in total. The lowest BCUT2D eigenvalue weighted by molar-refractivity contribution is 0.0512. The number of ether oxygens (including phenoxy) is 3. The van der Waals surface area contributed by atoms with Gasteiger partial charge in [-0.3, -0.25) is 9.80 Å². The minimum absolute atomic E-state index is 0.0259. The van der Waals surface area contributed by atoms with Crippen molar-refractivity contribution in [2.24, 2.45) is 0 Å². The van der Waals surface area contributed by atoms with E-state index < -0.39 is 17.7 Å². The van der Waals surface area contributed by atoms with Gasteiger partial charge >= 0.3 is 12.1 Å². The van der Waals surface area contributed by atoms with Crippen LogP contribution in [0.1, 0.15) is 37.7 Å². The highest BCUT2D eigenvalue weighted by molar-refractivity contribution is 6.04. The molecule has 2 bridgehead atoms. The number of carboxylic acid groups (broad SMARTS) is 1. The van der Waals surface area contributed by atoms with Crippen molar-refractivity contribution in [3.8, 4) is 35.2 Å². The number of benzene rings is 3. The van der Waals surface area contributed by atoms with E-state index >= 15 is 8.78 Å². The number of terminal acetylenes is 1. The van der Waals surface area contributed by atoms with Crippen LogP contribution in [0.3, 0.4) is 0 Å². The molecule has 3 atom stereocenters. The fourth-order valence-electron chi connectivity index (χ4n) is 8.67. The Balaban J connectivity index is 1.29. The van der Waals surface area contributed by atoms with Gasteiger partial charge in [-0.2, -0.15) is 9.97 Å². The van der Waals surface area contributed by atoms with Crippen LogP contribution in [0, 0.1) is 24.0 Å². The Morgan fingerprint density at radius 1 is 1.16 bits per heavy atom. The van der Waals surface area contributed by atoms with Crippen LogP contribution in [0.25, 0.3) is 32.8 Å². The van der Waals surface area contributed by atoms with Gasteiger partial charge in [0.1, 0.15) is 29.5 Å².